The SMILES string of the molecule is O=C(O)[C@H]1CN(C(=O)c2ccn(-c3cccc(C(F)(F)F)c3)n2)C[C@@H]1C1CC1. The van der Waals surface area contributed by atoms with E-state index >= 15 is 0 Å². The van der Waals surface area contributed by atoms with Crippen molar-refractivity contribution in [2.24, 2.45) is 17.8 Å². The largest absolute Gasteiger partial charge is 0.481 e. The van der Waals surface area contributed by atoms with E-state index in [1.165, 1.54) is 34.0 Å². The first-order valence-electron chi connectivity index (χ1n) is 8.99. The van der Waals surface area contributed by atoms with Crippen LogP contribution in [0.15, 0.2) is 36.5 Å². The number of nitrogens with zero attached hydrogens (tertiary/aromatic N) is 3. The van der Waals surface area contributed by atoms with Gasteiger partial charge in [0.1, 0.15) is 0 Å². The summed E-state index contributed by atoms with van der Waals surface area (Å²) in [6.07, 6.45) is -1.08. The number of carboxylic acid groups (broad SMARTS) is 1. The lowest BCUT2D eigenvalue weighted by Gasteiger charge is -2.14. The number of benzene rings is 1. The van der Waals surface area contributed by atoms with E-state index < -0.39 is 29.5 Å². The fourth-order valence-electron chi connectivity index (χ4n) is 3.83. The van der Waals surface area contributed by atoms with Gasteiger partial charge in [0.05, 0.1) is 17.2 Å². The van der Waals surface area contributed by atoms with Gasteiger partial charge >= 0.3 is 12.1 Å². The molecule has 28 heavy (non-hydrogen) atoms. The molecule has 9 heteroatoms. The lowest BCUT2D eigenvalue weighted by atomic mass is 9.92. The van der Waals surface area contributed by atoms with Gasteiger partial charge in [-0.3, -0.25) is 9.59 Å². The molecule has 6 nitrogen and oxygen atoms in total. The maximum Gasteiger partial charge on any atom is 0.416 e. The van der Waals surface area contributed by atoms with Gasteiger partial charge in [-0.2, -0.15) is 18.3 Å². The third kappa shape index (κ3) is 3.48. The Labute approximate surface area is 158 Å². The van der Waals surface area contributed by atoms with Crippen molar-refractivity contribution < 1.29 is 27.9 Å². The summed E-state index contributed by atoms with van der Waals surface area (Å²) >= 11 is 0. The Kier molecular flexibility index (Phi) is 4.40. The van der Waals surface area contributed by atoms with Crippen molar-refractivity contribution in [2.45, 2.75) is 19.0 Å². The van der Waals surface area contributed by atoms with Crippen LogP contribution >= 0.6 is 0 Å². The van der Waals surface area contributed by atoms with Crippen molar-refractivity contribution in [3.63, 3.8) is 0 Å². The Hall–Kier alpha value is -2.84. The maximum absolute atomic E-state index is 12.9. The van der Waals surface area contributed by atoms with Gasteiger partial charge in [-0.25, -0.2) is 4.68 Å². The number of aliphatic carboxylic acids is 1. The minimum absolute atomic E-state index is 0.0491. The van der Waals surface area contributed by atoms with Gasteiger partial charge < -0.3 is 10.0 Å². The molecule has 0 unspecified atom stereocenters. The van der Waals surface area contributed by atoms with Crippen molar-refractivity contribution >= 4 is 11.9 Å². The minimum Gasteiger partial charge on any atom is -0.481 e. The Bertz CT molecular complexity index is 920. The van der Waals surface area contributed by atoms with Crippen LogP contribution in [0.5, 0.6) is 0 Å². The minimum atomic E-state index is -4.47. The molecule has 1 saturated heterocycles. The van der Waals surface area contributed by atoms with Crippen molar-refractivity contribution in [2.75, 3.05) is 13.1 Å². The molecule has 2 fully saturated rings. The third-order valence-electron chi connectivity index (χ3n) is 5.44. The van der Waals surface area contributed by atoms with Crippen molar-refractivity contribution in [1.29, 1.82) is 0 Å². The third-order valence-corrected chi connectivity index (χ3v) is 5.44. The Balaban J connectivity index is 1.53. The van der Waals surface area contributed by atoms with E-state index in [0.717, 1.165) is 25.0 Å². The molecular weight excluding hydrogens is 375 g/mol. The highest BCUT2D eigenvalue weighted by molar-refractivity contribution is 5.93. The van der Waals surface area contributed by atoms with Crippen molar-refractivity contribution in [3.8, 4) is 5.69 Å². The molecule has 2 aliphatic rings. The summed E-state index contributed by atoms with van der Waals surface area (Å²) in [4.78, 5) is 25.7. The Morgan fingerprint density at radius 2 is 1.89 bits per heavy atom. The summed E-state index contributed by atoms with van der Waals surface area (Å²) in [7, 11) is 0. The van der Waals surface area contributed by atoms with E-state index in [1.807, 2.05) is 0 Å². The zero-order valence-electron chi connectivity index (χ0n) is 14.8. The second kappa shape index (κ2) is 6.65. The summed E-state index contributed by atoms with van der Waals surface area (Å²) < 4.78 is 39.9. The van der Waals surface area contributed by atoms with E-state index in [0.29, 0.717) is 12.5 Å². The molecule has 1 amide bonds. The molecule has 0 radical (unpaired) electrons. The number of aromatic nitrogens is 2. The standard InChI is InChI=1S/C19H18F3N3O3/c20-19(21,22)12-2-1-3-13(8-12)25-7-6-16(23-25)17(26)24-9-14(11-4-5-11)15(10-24)18(27)28/h1-3,6-8,11,14-15H,4-5,9-10H2,(H,27,28)/t14-,15+/m1/s1. The predicted molar refractivity (Wildman–Crippen MR) is 91.8 cm³/mol. The normalized spacial score (nSPS) is 22.5. The smallest absolute Gasteiger partial charge is 0.416 e. The van der Waals surface area contributed by atoms with Gasteiger partial charge in [0.2, 0.25) is 0 Å². The number of alkyl halides is 3. The van der Waals surface area contributed by atoms with Crippen molar-refractivity contribution in [3.05, 3.63) is 47.8 Å². The zero-order chi connectivity index (χ0) is 20.1. The number of hydrogen-bond acceptors (Lipinski definition) is 3. The summed E-state index contributed by atoms with van der Waals surface area (Å²) in [6, 6.07) is 6.10. The van der Waals surface area contributed by atoms with Crippen LogP contribution in [0, 0.1) is 17.8 Å². The van der Waals surface area contributed by atoms with Crippen LogP contribution in [0.3, 0.4) is 0 Å². The van der Waals surface area contributed by atoms with Crippen LogP contribution in [-0.4, -0.2) is 44.8 Å². The first-order chi connectivity index (χ1) is 13.2. The summed E-state index contributed by atoms with van der Waals surface area (Å²) in [5, 5.41) is 13.5. The molecular formula is C19H18F3N3O3. The summed E-state index contributed by atoms with van der Waals surface area (Å²) in [6.45, 7) is 0.503. The van der Waals surface area contributed by atoms with Gasteiger partial charge in [0, 0.05) is 19.3 Å². The molecule has 1 aliphatic heterocycles. The fourth-order valence-corrected chi connectivity index (χ4v) is 3.83. The lowest BCUT2D eigenvalue weighted by Crippen LogP contribution is -2.30. The average molecular weight is 393 g/mol. The van der Waals surface area contributed by atoms with Crippen LogP contribution in [0.25, 0.3) is 5.69 Å². The van der Waals surface area contributed by atoms with Crippen molar-refractivity contribution in [1.82, 2.24) is 14.7 Å². The van der Waals surface area contributed by atoms with E-state index in [9.17, 15) is 27.9 Å². The van der Waals surface area contributed by atoms with Crippen LogP contribution in [0.4, 0.5) is 13.2 Å². The topological polar surface area (TPSA) is 75.4 Å². The number of carbonyl (C=O) groups is 2. The first kappa shape index (κ1) is 18.5. The molecule has 0 spiro atoms. The summed E-state index contributed by atoms with van der Waals surface area (Å²) in [5.74, 6) is -1.59. The summed E-state index contributed by atoms with van der Waals surface area (Å²) in [5.41, 5.74) is -0.531. The number of carboxylic acids is 1. The first-order valence-corrected chi connectivity index (χ1v) is 8.99. The van der Waals surface area contributed by atoms with Crippen LogP contribution in [0.2, 0.25) is 0 Å². The second-order valence-electron chi connectivity index (χ2n) is 7.35. The molecule has 1 aromatic heterocycles. The molecule has 2 atom stereocenters. The highest BCUT2D eigenvalue weighted by atomic mass is 19.4. The molecule has 0 bridgehead atoms. The molecule has 4 rings (SSSR count). The van der Waals surface area contributed by atoms with Gasteiger partial charge in [0.25, 0.3) is 5.91 Å². The van der Waals surface area contributed by atoms with Gasteiger partial charge in [-0.1, -0.05) is 6.07 Å². The van der Waals surface area contributed by atoms with E-state index in [4.69, 9.17) is 0 Å². The molecule has 148 valence electrons. The van der Waals surface area contributed by atoms with Gasteiger partial charge in [-0.15, -0.1) is 0 Å². The quantitative estimate of drug-likeness (QED) is 0.866. The highest BCUT2D eigenvalue weighted by Gasteiger charge is 2.47. The number of amides is 1. The molecule has 1 aromatic carbocycles. The zero-order valence-corrected chi connectivity index (χ0v) is 14.8. The molecule has 1 saturated carbocycles. The number of rotatable bonds is 4. The maximum atomic E-state index is 12.9. The fraction of sp³-hybridized carbons (Fsp3) is 0.421. The van der Waals surface area contributed by atoms with E-state index in [2.05, 4.69) is 5.10 Å². The van der Waals surface area contributed by atoms with Crippen LogP contribution < -0.4 is 0 Å². The molecule has 2 aromatic rings. The second-order valence-corrected chi connectivity index (χ2v) is 7.35. The number of likely N-dealkylation sites (tertiary alicyclic amines) is 1. The monoisotopic (exact) mass is 393 g/mol. The van der Waals surface area contributed by atoms with Gasteiger partial charge in [0.15, 0.2) is 5.69 Å². The Morgan fingerprint density at radius 3 is 2.54 bits per heavy atom. The number of halogens is 3. The van der Waals surface area contributed by atoms with Crippen LogP contribution in [0.1, 0.15) is 28.9 Å². The lowest BCUT2D eigenvalue weighted by molar-refractivity contribution is -0.142. The van der Waals surface area contributed by atoms with Crippen LogP contribution in [-0.2, 0) is 11.0 Å². The molecule has 1 aliphatic carbocycles. The van der Waals surface area contributed by atoms with Gasteiger partial charge in [-0.05, 0) is 48.9 Å². The predicted octanol–water partition coefficient (Wildman–Crippen LogP) is 3.07. The number of carbonyl (C=O) groups excluding carboxylic acids is 1. The Morgan fingerprint density at radius 1 is 1.14 bits per heavy atom. The molecule has 2 heterocycles. The molecule has 1 N–H and O–H groups in total. The highest BCUT2D eigenvalue weighted by Crippen LogP contribution is 2.44. The van der Waals surface area contributed by atoms with E-state index in [-0.39, 0.29) is 23.8 Å². The average Bonchev–Trinajstić information content (AvgIpc) is 3.20. The number of hydrogen-bond donors (Lipinski definition) is 1. The van der Waals surface area contributed by atoms with E-state index in [1.54, 1.807) is 0 Å².